The zero-order chi connectivity index (χ0) is 22.9. The fourth-order valence-corrected chi connectivity index (χ4v) is 3.75. The lowest BCUT2D eigenvalue weighted by molar-refractivity contribution is 0.202. The molecule has 178 valence electrons. The summed E-state index contributed by atoms with van der Waals surface area (Å²) >= 11 is 0. The number of ether oxygens (including phenoxy) is 2. The third-order valence-electron chi connectivity index (χ3n) is 5.64. The molecule has 2 aromatic rings. The van der Waals surface area contributed by atoms with E-state index in [1.54, 1.807) is 0 Å². The summed E-state index contributed by atoms with van der Waals surface area (Å²) < 4.78 is 11.6. The summed E-state index contributed by atoms with van der Waals surface area (Å²) in [6.07, 6.45) is 10.6. The normalized spacial score (nSPS) is 11.0. The lowest BCUT2D eigenvalue weighted by atomic mass is 10.1. The first-order valence-electron chi connectivity index (χ1n) is 12.7. The van der Waals surface area contributed by atoms with Crippen LogP contribution >= 0.6 is 0 Å². The van der Waals surface area contributed by atoms with E-state index in [-0.39, 0.29) is 0 Å². The molecule has 32 heavy (non-hydrogen) atoms. The molecule has 0 unspecified atom stereocenters. The fourth-order valence-electron chi connectivity index (χ4n) is 3.75. The highest BCUT2D eigenvalue weighted by molar-refractivity contribution is 5.60. The standard InChI is InChI=1S/C28H44N2O2/c1-4-7-9-11-21-30(22-12-10-8-5-2)23-24-32-28-19-15-26(16-20-28)29-25-13-17-27(18-14-25)31-6-3/h13-20,29H,4-12,21-24H2,1-3H3. The maximum absolute atomic E-state index is 6.05. The van der Waals surface area contributed by atoms with E-state index in [0.29, 0.717) is 6.61 Å². The van der Waals surface area contributed by atoms with E-state index >= 15 is 0 Å². The van der Waals surface area contributed by atoms with Gasteiger partial charge in [-0.2, -0.15) is 0 Å². The summed E-state index contributed by atoms with van der Waals surface area (Å²) in [6, 6.07) is 16.3. The first kappa shape index (κ1) is 26.1. The maximum atomic E-state index is 6.05. The van der Waals surface area contributed by atoms with Crippen molar-refractivity contribution in [1.29, 1.82) is 0 Å². The first-order chi connectivity index (χ1) is 15.7. The van der Waals surface area contributed by atoms with Crippen molar-refractivity contribution < 1.29 is 9.47 Å². The molecular formula is C28H44N2O2. The zero-order valence-corrected chi connectivity index (χ0v) is 20.6. The van der Waals surface area contributed by atoms with Crippen molar-refractivity contribution in [1.82, 2.24) is 4.90 Å². The summed E-state index contributed by atoms with van der Waals surface area (Å²) in [7, 11) is 0. The third-order valence-corrected chi connectivity index (χ3v) is 5.64. The monoisotopic (exact) mass is 440 g/mol. The minimum absolute atomic E-state index is 0.684. The molecule has 0 spiro atoms. The zero-order valence-electron chi connectivity index (χ0n) is 20.6. The summed E-state index contributed by atoms with van der Waals surface area (Å²) in [4.78, 5) is 2.59. The molecule has 0 fully saturated rings. The quantitative estimate of drug-likeness (QED) is 0.241. The Morgan fingerprint density at radius 1 is 0.594 bits per heavy atom. The van der Waals surface area contributed by atoms with Gasteiger partial charge in [0.25, 0.3) is 0 Å². The molecule has 4 heteroatoms. The lowest BCUT2D eigenvalue weighted by Gasteiger charge is -2.22. The maximum Gasteiger partial charge on any atom is 0.119 e. The predicted octanol–water partition coefficient (Wildman–Crippen LogP) is 7.67. The van der Waals surface area contributed by atoms with Crippen molar-refractivity contribution in [2.75, 3.05) is 38.2 Å². The second-order valence-corrected chi connectivity index (χ2v) is 8.42. The smallest absolute Gasteiger partial charge is 0.119 e. The Hall–Kier alpha value is -2.20. The molecule has 0 saturated carbocycles. The second-order valence-electron chi connectivity index (χ2n) is 8.42. The van der Waals surface area contributed by atoms with Gasteiger partial charge in [0, 0.05) is 17.9 Å². The van der Waals surface area contributed by atoms with Crippen LogP contribution in [0.15, 0.2) is 48.5 Å². The Bertz CT molecular complexity index is 688. The van der Waals surface area contributed by atoms with Gasteiger partial charge in [0.1, 0.15) is 18.1 Å². The summed E-state index contributed by atoms with van der Waals surface area (Å²) in [5.74, 6) is 1.82. The van der Waals surface area contributed by atoms with Gasteiger partial charge in [-0.05, 0) is 81.4 Å². The van der Waals surface area contributed by atoms with Gasteiger partial charge in [-0.3, -0.25) is 4.90 Å². The molecule has 0 aliphatic heterocycles. The molecule has 0 amide bonds. The van der Waals surface area contributed by atoms with Crippen molar-refractivity contribution >= 4 is 11.4 Å². The molecule has 4 nitrogen and oxygen atoms in total. The SMILES string of the molecule is CCCCCCN(CCCCCC)CCOc1ccc(Nc2ccc(OCC)cc2)cc1. The van der Waals surface area contributed by atoms with Crippen LogP contribution < -0.4 is 14.8 Å². The Kier molecular flexibility index (Phi) is 13.4. The van der Waals surface area contributed by atoms with Gasteiger partial charge in [-0.1, -0.05) is 52.4 Å². The molecule has 0 heterocycles. The van der Waals surface area contributed by atoms with Crippen LogP contribution in [-0.4, -0.2) is 37.7 Å². The van der Waals surface area contributed by atoms with Crippen LogP contribution in [0, 0.1) is 0 Å². The average molecular weight is 441 g/mol. The van der Waals surface area contributed by atoms with Crippen LogP contribution in [0.4, 0.5) is 11.4 Å². The van der Waals surface area contributed by atoms with Crippen LogP contribution in [0.3, 0.4) is 0 Å². The van der Waals surface area contributed by atoms with E-state index in [4.69, 9.17) is 9.47 Å². The van der Waals surface area contributed by atoms with Crippen molar-refractivity contribution in [3.05, 3.63) is 48.5 Å². The summed E-state index contributed by atoms with van der Waals surface area (Å²) in [6.45, 7) is 11.4. The minimum atomic E-state index is 0.684. The van der Waals surface area contributed by atoms with Gasteiger partial charge < -0.3 is 14.8 Å². The number of hydrogen-bond acceptors (Lipinski definition) is 4. The van der Waals surface area contributed by atoms with Crippen molar-refractivity contribution in [3.63, 3.8) is 0 Å². The van der Waals surface area contributed by atoms with Gasteiger partial charge in [0.2, 0.25) is 0 Å². The second kappa shape index (κ2) is 16.4. The van der Waals surface area contributed by atoms with E-state index in [0.717, 1.165) is 36.0 Å². The Morgan fingerprint density at radius 2 is 1.09 bits per heavy atom. The number of nitrogens with zero attached hydrogens (tertiary/aromatic N) is 1. The number of unbranched alkanes of at least 4 members (excludes halogenated alkanes) is 6. The molecule has 0 aromatic heterocycles. The first-order valence-corrected chi connectivity index (χ1v) is 12.7. The van der Waals surface area contributed by atoms with Gasteiger partial charge in [0.15, 0.2) is 0 Å². The molecule has 0 bridgehead atoms. The molecule has 0 aliphatic rings. The Labute approximate surface area is 196 Å². The highest BCUT2D eigenvalue weighted by Crippen LogP contribution is 2.22. The van der Waals surface area contributed by atoms with Crippen LogP contribution in [0.1, 0.15) is 72.1 Å². The fraction of sp³-hybridized carbons (Fsp3) is 0.571. The third kappa shape index (κ3) is 10.9. The predicted molar refractivity (Wildman–Crippen MR) is 138 cm³/mol. The molecule has 1 N–H and O–H groups in total. The average Bonchev–Trinajstić information content (AvgIpc) is 2.81. The van der Waals surface area contributed by atoms with E-state index < -0.39 is 0 Å². The van der Waals surface area contributed by atoms with Gasteiger partial charge in [-0.25, -0.2) is 0 Å². The van der Waals surface area contributed by atoms with Gasteiger partial charge in [0.05, 0.1) is 6.61 Å². The Balaban J connectivity index is 1.75. The van der Waals surface area contributed by atoms with E-state index in [2.05, 4.69) is 36.2 Å². The van der Waals surface area contributed by atoms with Crippen molar-refractivity contribution in [3.8, 4) is 11.5 Å². The minimum Gasteiger partial charge on any atom is -0.494 e. The highest BCUT2D eigenvalue weighted by Gasteiger charge is 2.06. The summed E-state index contributed by atoms with van der Waals surface area (Å²) in [5.41, 5.74) is 2.10. The van der Waals surface area contributed by atoms with E-state index in [9.17, 15) is 0 Å². The molecule has 2 aromatic carbocycles. The Morgan fingerprint density at radius 3 is 1.56 bits per heavy atom. The number of rotatable bonds is 18. The van der Waals surface area contributed by atoms with Gasteiger partial charge >= 0.3 is 0 Å². The molecular weight excluding hydrogens is 396 g/mol. The largest absolute Gasteiger partial charge is 0.494 e. The number of benzene rings is 2. The number of anilines is 2. The topological polar surface area (TPSA) is 33.7 Å². The molecule has 0 radical (unpaired) electrons. The van der Waals surface area contributed by atoms with Gasteiger partial charge in [-0.15, -0.1) is 0 Å². The number of hydrogen-bond donors (Lipinski definition) is 1. The molecule has 0 aliphatic carbocycles. The van der Waals surface area contributed by atoms with Crippen LogP contribution in [0.5, 0.6) is 11.5 Å². The van der Waals surface area contributed by atoms with E-state index in [1.807, 2.05) is 43.3 Å². The van der Waals surface area contributed by atoms with E-state index in [1.165, 1.54) is 64.5 Å². The van der Waals surface area contributed by atoms with Crippen molar-refractivity contribution in [2.45, 2.75) is 72.1 Å². The summed E-state index contributed by atoms with van der Waals surface area (Å²) in [5, 5.41) is 3.42. The molecule has 0 atom stereocenters. The van der Waals surface area contributed by atoms with Crippen LogP contribution in [0.25, 0.3) is 0 Å². The molecule has 2 rings (SSSR count). The highest BCUT2D eigenvalue weighted by atomic mass is 16.5. The van der Waals surface area contributed by atoms with Crippen LogP contribution in [0.2, 0.25) is 0 Å². The number of nitrogens with one attached hydrogen (secondary N) is 1. The molecule has 0 saturated heterocycles. The van der Waals surface area contributed by atoms with Crippen LogP contribution in [-0.2, 0) is 0 Å². The van der Waals surface area contributed by atoms with Crippen molar-refractivity contribution in [2.24, 2.45) is 0 Å². The lowest BCUT2D eigenvalue weighted by Crippen LogP contribution is -2.30.